The van der Waals surface area contributed by atoms with E-state index in [4.69, 9.17) is 5.11 Å². The SMILES string of the molecule is CC(CCO)CNCc1cccc([N+](=O)[O-])c1. The second-order valence-electron chi connectivity index (χ2n) is 4.18. The van der Waals surface area contributed by atoms with Gasteiger partial charge in [-0.05, 0) is 24.4 Å². The molecule has 0 aromatic heterocycles. The average molecular weight is 238 g/mol. The Bertz CT molecular complexity index is 369. The van der Waals surface area contributed by atoms with E-state index in [1.54, 1.807) is 12.1 Å². The van der Waals surface area contributed by atoms with Crippen LogP contribution in [0.3, 0.4) is 0 Å². The number of nitrogens with zero attached hydrogens (tertiary/aromatic N) is 1. The van der Waals surface area contributed by atoms with Gasteiger partial charge in [-0.1, -0.05) is 19.1 Å². The van der Waals surface area contributed by atoms with Crippen LogP contribution in [0, 0.1) is 16.0 Å². The van der Waals surface area contributed by atoms with Crippen molar-refractivity contribution in [1.29, 1.82) is 0 Å². The van der Waals surface area contributed by atoms with E-state index in [2.05, 4.69) is 12.2 Å². The molecule has 0 aliphatic carbocycles. The fourth-order valence-electron chi connectivity index (χ4n) is 1.57. The lowest BCUT2D eigenvalue weighted by molar-refractivity contribution is -0.384. The minimum absolute atomic E-state index is 0.118. The molecule has 0 heterocycles. The summed E-state index contributed by atoms with van der Waals surface area (Å²) in [7, 11) is 0. The smallest absolute Gasteiger partial charge is 0.269 e. The molecule has 0 aliphatic heterocycles. The minimum atomic E-state index is -0.391. The number of benzene rings is 1. The number of nitrogens with one attached hydrogen (secondary N) is 1. The average Bonchev–Trinajstić information content (AvgIpc) is 2.30. The Morgan fingerprint density at radius 3 is 2.94 bits per heavy atom. The van der Waals surface area contributed by atoms with E-state index in [9.17, 15) is 10.1 Å². The Morgan fingerprint density at radius 1 is 1.53 bits per heavy atom. The van der Waals surface area contributed by atoms with E-state index in [1.165, 1.54) is 6.07 Å². The standard InChI is InChI=1S/C12H18N2O3/c1-10(5-6-15)8-13-9-11-3-2-4-12(7-11)14(16)17/h2-4,7,10,13,15H,5-6,8-9H2,1H3. The molecule has 0 saturated carbocycles. The highest BCUT2D eigenvalue weighted by Gasteiger charge is 2.05. The van der Waals surface area contributed by atoms with Gasteiger partial charge >= 0.3 is 0 Å². The maximum absolute atomic E-state index is 10.6. The van der Waals surface area contributed by atoms with Crippen LogP contribution in [0.1, 0.15) is 18.9 Å². The molecule has 1 aromatic rings. The van der Waals surface area contributed by atoms with Gasteiger partial charge in [-0.15, -0.1) is 0 Å². The summed E-state index contributed by atoms with van der Waals surface area (Å²) in [6.45, 7) is 3.65. The van der Waals surface area contributed by atoms with Crippen molar-refractivity contribution in [2.24, 2.45) is 5.92 Å². The van der Waals surface area contributed by atoms with Crippen LogP contribution < -0.4 is 5.32 Å². The quantitative estimate of drug-likeness (QED) is 0.560. The van der Waals surface area contributed by atoms with Crippen LogP contribution in [-0.2, 0) is 6.54 Å². The third-order valence-corrected chi connectivity index (χ3v) is 2.57. The van der Waals surface area contributed by atoms with E-state index in [0.29, 0.717) is 12.5 Å². The molecule has 1 atom stereocenters. The molecule has 94 valence electrons. The lowest BCUT2D eigenvalue weighted by Gasteiger charge is -2.10. The Kier molecular flexibility index (Phi) is 5.59. The number of hydrogen-bond acceptors (Lipinski definition) is 4. The topological polar surface area (TPSA) is 75.4 Å². The van der Waals surface area contributed by atoms with Gasteiger partial charge < -0.3 is 10.4 Å². The normalized spacial score (nSPS) is 12.4. The number of nitro groups is 1. The fraction of sp³-hybridized carbons (Fsp3) is 0.500. The third kappa shape index (κ3) is 4.93. The van der Waals surface area contributed by atoms with Gasteiger partial charge in [-0.3, -0.25) is 10.1 Å². The van der Waals surface area contributed by atoms with Crippen molar-refractivity contribution in [1.82, 2.24) is 5.32 Å². The molecule has 0 bridgehead atoms. The van der Waals surface area contributed by atoms with Crippen LogP contribution in [0.5, 0.6) is 0 Å². The van der Waals surface area contributed by atoms with Crippen LogP contribution in [0.4, 0.5) is 5.69 Å². The van der Waals surface area contributed by atoms with Gasteiger partial charge in [0, 0.05) is 25.3 Å². The lowest BCUT2D eigenvalue weighted by atomic mass is 10.1. The van der Waals surface area contributed by atoms with Gasteiger partial charge in [0.15, 0.2) is 0 Å². The van der Waals surface area contributed by atoms with E-state index >= 15 is 0 Å². The summed E-state index contributed by atoms with van der Waals surface area (Å²) in [6, 6.07) is 6.60. The highest BCUT2D eigenvalue weighted by Crippen LogP contribution is 2.12. The van der Waals surface area contributed by atoms with Gasteiger partial charge in [0.05, 0.1) is 4.92 Å². The maximum atomic E-state index is 10.6. The van der Waals surface area contributed by atoms with E-state index < -0.39 is 4.92 Å². The molecule has 2 N–H and O–H groups in total. The second kappa shape index (κ2) is 6.98. The van der Waals surface area contributed by atoms with Crippen molar-refractivity contribution in [3.8, 4) is 0 Å². The van der Waals surface area contributed by atoms with Gasteiger partial charge in [0.2, 0.25) is 0 Å². The summed E-state index contributed by atoms with van der Waals surface area (Å²) in [5, 5.41) is 22.5. The molecule has 0 fully saturated rings. The first kappa shape index (κ1) is 13.6. The van der Waals surface area contributed by atoms with E-state index in [-0.39, 0.29) is 12.3 Å². The molecule has 5 heteroatoms. The minimum Gasteiger partial charge on any atom is -0.396 e. The molecule has 1 unspecified atom stereocenters. The lowest BCUT2D eigenvalue weighted by Crippen LogP contribution is -2.21. The molecule has 1 aromatic carbocycles. The zero-order chi connectivity index (χ0) is 12.7. The third-order valence-electron chi connectivity index (χ3n) is 2.57. The van der Waals surface area contributed by atoms with Crippen LogP contribution >= 0.6 is 0 Å². The summed E-state index contributed by atoms with van der Waals surface area (Å²) < 4.78 is 0. The van der Waals surface area contributed by atoms with Crippen LogP contribution in [0.15, 0.2) is 24.3 Å². The first-order valence-corrected chi connectivity index (χ1v) is 5.68. The largest absolute Gasteiger partial charge is 0.396 e. The van der Waals surface area contributed by atoms with Crippen LogP contribution in [0.25, 0.3) is 0 Å². The number of hydrogen-bond donors (Lipinski definition) is 2. The zero-order valence-electron chi connectivity index (χ0n) is 9.93. The molecule has 0 saturated heterocycles. The Balaban J connectivity index is 2.41. The summed E-state index contributed by atoms with van der Waals surface area (Å²) in [5.41, 5.74) is 1.02. The molecule has 1 rings (SSSR count). The molecule has 0 radical (unpaired) electrons. The van der Waals surface area contributed by atoms with E-state index in [1.807, 2.05) is 6.07 Å². The van der Waals surface area contributed by atoms with Gasteiger partial charge in [-0.2, -0.15) is 0 Å². The van der Waals surface area contributed by atoms with E-state index in [0.717, 1.165) is 18.5 Å². The molecular formula is C12H18N2O3. The number of aliphatic hydroxyl groups excluding tert-OH is 1. The van der Waals surface area contributed by atoms with Crippen LogP contribution in [0.2, 0.25) is 0 Å². The Hall–Kier alpha value is -1.46. The van der Waals surface area contributed by atoms with Gasteiger partial charge in [-0.25, -0.2) is 0 Å². The molecule has 5 nitrogen and oxygen atoms in total. The molecule has 0 amide bonds. The predicted molar refractivity (Wildman–Crippen MR) is 65.7 cm³/mol. The van der Waals surface area contributed by atoms with Gasteiger partial charge in [0.25, 0.3) is 5.69 Å². The highest BCUT2D eigenvalue weighted by atomic mass is 16.6. The van der Waals surface area contributed by atoms with Crippen molar-refractivity contribution in [3.63, 3.8) is 0 Å². The number of non-ortho nitro benzene ring substituents is 1. The summed E-state index contributed by atoms with van der Waals surface area (Å²) >= 11 is 0. The first-order valence-electron chi connectivity index (χ1n) is 5.68. The summed E-state index contributed by atoms with van der Waals surface area (Å²) in [4.78, 5) is 10.2. The van der Waals surface area contributed by atoms with Crippen molar-refractivity contribution in [3.05, 3.63) is 39.9 Å². The second-order valence-corrected chi connectivity index (χ2v) is 4.18. The highest BCUT2D eigenvalue weighted by molar-refractivity contribution is 5.34. The van der Waals surface area contributed by atoms with Gasteiger partial charge in [0.1, 0.15) is 0 Å². The van der Waals surface area contributed by atoms with Crippen LogP contribution in [-0.4, -0.2) is 23.2 Å². The molecular weight excluding hydrogens is 220 g/mol. The summed E-state index contributed by atoms with van der Waals surface area (Å²) in [5.74, 6) is 0.402. The fourth-order valence-corrected chi connectivity index (χ4v) is 1.57. The summed E-state index contributed by atoms with van der Waals surface area (Å²) in [6.07, 6.45) is 0.766. The number of aliphatic hydroxyl groups is 1. The molecule has 17 heavy (non-hydrogen) atoms. The number of nitro benzene ring substituents is 1. The van der Waals surface area contributed by atoms with Crippen molar-refractivity contribution >= 4 is 5.69 Å². The molecule has 0 spiro atoms. The monoisotopic (exact) mass is 238 g/mol. The Labute approximate surface area is 101 Å². The molecule has 0 aliphatic rings. The van der Waals surface area contributed by atoms with Crippen molar-refractivity contribution in [2.45, 2.75) is 19.9 Å². The van der Waals surface area contributed by atoms with Crippen molar-refractivity contribution < 1.29 is 10.0 Å². The first-order chi connectivity index (χ1) is 8.13. The van der Waals surface area contributed by atoms with Crippen molar-refractivity contribution in [2.75, 3.05) is 13.2 Å². The number of rotatable bonds is 7. The predicted octanol–water partition coefficient (Wildman–Crippen LogP) is 1.70. The zero-order valence-corrected chi connectivity index (χ0v) is 9.93. The Morgan fingerprint density at radius 2 is 2.29 bits per heavy atom. The maximum Gasteiger partial charge on any atom is 0.269 e.